The molecule has 0 saturated carbocycles. The van der Waals surface area contributed by atoms with Crippen LogP contribution in [0.4, 0.5) is 5.69 Å². The number of carbonyl (C=O) groups is 1. The van der Waals surface area contributed by atoms with Gasteiger partial charge in [0.15, 0.2) is 6.61 Å². The number of hydrogen-bond donors (Lipinski definition) is 1. The summed E-state index contributed by atoms with van der Waals surface area (Å²) in [7, 11) is 1.60. The fourth-order valence-corrected chi connectivity index (χ4v) is 2.85. The van der Waals surface area contributed by atoms with Crippen LogP contribution in [0.3, 0.4) is 0 Å². The minimum atomic E-state index is -0.184. The zero-order valence-corrected chi connectivity index (χ0v) is 13.3. The van der Waals surface area contributed by atoms with Gasteiger partial charge in [-0.3, -0.25) is 4.79 Å². The van der Waals surface area contributed by atoms with Crippen LogP contribution < -0.4 is 14.8 Å². The van der Waals surface area contributed by atoms with E-state index in [-0.39, 0.29) is 12.5 Å². The Morgan fingerprint density at radius 2 is 1.87 bits per heavy atom. The van der Waals surface area contributed by atoms with Gasteiger partial charge in [0.25, 0.3) is 5.91 Å². The number of carbonyl (C=O) groups excluding carboxylic acids is 1. The van der Waals surface area contributed by atoms with E-state index >= 15 is 0 Å². The highest BCUT2D eigenvalue weighted by atomic mass is 16.5. The van der Waals surface area contributed by atoms with Gasteiger partial charge < -0.3 is 14.8 Å². The minimum Gasteiger partial charge on any atom is -0.497 e. The lowest BCUT2D eigenvalue weighted by molar-refractivity contribution is -0.118. The van der Waals surface area contributed by atoms with E-state index < -0.39 is 0 Å². The molecule has 1 aliphatic carbocycles. The van der Waals surface area contributed by atoms with Crippen molar-refractivity contribution in [3.05, 3.63) is 53.6 Å². The number of anilines is 1. The highest BCUT2D eigenvalue weighted by molar-refractivity contribution is 5.92. The van der Waals surface area contributed by atoms with Crippen molar-refractivity contribution < 1.29 is 14.3 Å². The van der Waals surface area contributed by atoms with Crippen LogP contribution in [0.25, 0.3) is 0 Å². The quantitative estimate of drug-likeness (QED) is 0.918. The molecule has 120 valence electrons. The van der Waals surface area contributed by atoms with Crippen molar-refractivity contribution in [2.45, 2.75) is 25.7 Å². The van der Waals surface area contributed by atoms with Crippen LogP contribution in [-0.4, -0.2) is 19.6 Å². The van der Waals surface area contributed by atoms with Gasteiger partial charge in [0.05, 0.1) is 7.11 Å². The van der Waals surface area contributed by atoms with Gasteiger partial charge in [-0.05, 0) is 61.1 Å². The van der Waals surface area contributed by atoms with Crippen LogP contribution >= 0.6 is 0 Å². The third-order valence-electron chi connectivity index (χ3n) is 4.04. The molecule has 2 aromatic rings. The Bertz CT molecular complexity index is 697. The number of methoxy groups -OCH3 is 1. The summed E-state index contributed by atoms with van der Waals surface area (Å²) < 4.78 is 10.8. The zero-order valence-electron chi connectivity index (χ0n) is 13.3. The molecule has 0 radical (unpaired) electrons. The Hall–Kier alpha value is -2.49. The standard InChI is InChI=1S/C19H21NO3/c1-22-17-8-4-7-16(12-17)20-19(21)13-23-18-10-9-14-5-2-3-6-15(14)11-18/h4,7-12H,2-3,5-6,13H2,1H3,(H,20,21). The van der Waals surface area contributed by atoms with Crippen molar-refractivity contribution in [1.82, 2.24) is 0 Å². The van der Waals surface area contributed by atoms with E-state index in [1.54, 1.807) is 13.2 Å². The molecular weight excluding hydrogens is 290 g/mol. The number of benzene rings is 2. The van der Waals surface area contributed by atoms with Gasteiger partial charge in [0.1, 0.15) is 11.5 Å². The topological polar surface area (TPSA) is 47.6 Å². The summed E-state index contributed by atoms with van der Waals surface area (Å²) in [6.45, 7) is -0.00397. The van der Waals surface area contributed by atoms with Crippen molar-refractivity contribution in [2.75, 3.05) is 19.0 Å². The van der Waals surface area contributed by atoms with Gasteiger partial charge in [-0.15, -0.1) is 0 Å². The lowest BCUT2D eigenvalue weighted by atomic mass is 9.92. The number of amides is 1. The van der Waals surface area contributed by atoms with E-state index in [4.69, 9.17) is 9.47 Å². The van der Waals surface area contributed by atoms with Crippen LogP contribution in [0, 0.1) is 0 Å². The highest BCUT2D eigenvalue weighted by Gasteiger charge is 2.11. The molecule has 1 N–H and O–H groups in total. The van der Waals surface area contributed by atoms with E-state index in [0.717, 1.165) is 18.6 Å². The smallest absolute Gasteiger partial charge is 0.262 e. The summed E-state index contributed by atoms with van der Waals surface area (Å²) in [5.74, 6) is 1.28. The molecule has 0 unspecified atom stereocenters. The van der Waals surface area contributed by atoms with E-state index in [1.165, 1.54) is 24.0 Å². The van der Waals surface area contributed by atoms with E-state index in [9.17, 15) is 4.79 Å². The summed E-state index contributed by atoms with van der Waals surface area (Å²) >= 11 is 0. The SMILES string of the molecule is COc1cccc(NC(=O)COc2ccc3c(c2)CCCC3)c1. The maximum absolute atomic E-state index is 12.0. The Kier molecular flexibility index (Phi) is 4.81. The van der Waals surface area contributed by atoms with Crippen molar-refractivity contribution >= 4 is 11.6 Å². The summed E-state index contributed by atoms with van der Waals surface area (Å²) in [6, 6.07) is 13.4. The second-order valence-corrected chi connectivity index (χ2v) is 5.71. The summed E-state index contributed by atoms with van der Waals surface area (Å²) in [6.07, 6.45) is 4.73. The van der Waals surface area contributed by atoms with Crippen LogP contribution in [0.2, 0.25) is 0 Å². The number of rotatable bonds is 5. The molecule has 0 saturated heterocycles. The molecule has 0 bridgehead atoms. The van der Waals surface area contributed by atoms with E-state index in [0.29, 0.717) is 11.4 Å². The zero-order chi connectivity index (χ0) is 16.1. The predicted molar refractivity (Wildman–Crippen MR) is 90.2 cm³/mol. The van der Waals surface area contributed by atoms with Crippen LogP contribution in [0.1, 0.15) is 24.0 Å². The maximum atomic E-state index is 12.0. The second kappa shape index (κ2) is 7.18. The number of hydrogen-bond acceptors (Lipinski definition) is 3. The van der Waals surface area contributed by atoms with E-state index in [2.05, 4.69) is 17.4 Å². The lowest BCUT2D eigenvalue weighted by Crippen LogP contribution is -2.20. The van der Waals surface area contributed by atoms with Gasteiger partial charge in [-0.2, -0.15) is 0 Å². The molecule has 1 amide bonds. The molecule has 0 spiro atoms. The second-order valence-electron chi connectivity index (χ2n) is 5.71. The molecule has 0 aromatic heterocycles. The normalized spacial score (nSPS) is 13.1. The molecular formula is C19H21NO3. The molecule has 4 nitrogen and oxygen atoms in total. The highest BCUT2D eigenvalue weighted by Crippen LogP contribution is 2.25. The molecule has 4 heteroatoms. The lowest BCUT2D eigenvalue weighted by Gasteiger charge is -2.16. The Morgan fingerprint density at radius 1 is 1.04 bits per heavy atom. The van der Waals surface area contributed by atoms with Gasteiger partial charge in [-0.1, -0.05) is 12.1 Å². The van der Waals surface area contributed by atoms with Crippen molar-refractivity contribution in [3.8, 4) is 11.5 Å². The first kappa shape index (κ1) is 15.4. The van der Waals surface area contributed by atoms with Crippen LogP contribution in [0.15, 0.2) is 42.5 Å². The first-order valence-electron chi connectivity index (χ1n) is 7.93. The van der Waals surface area contributed by atoms with E-state index in [1.807, 2.05) is 24.3 Å². The minimum absolute atomic E-state index is 0.00397. The molecule has 3 rings (SSSR count). The van der Waals surface area contributed by atoms with Crippen molar-refractivity contribution in [2.24, 2.45) is 0 Å². The fraction of sp³-hybridized carbons (Fsp3) is 0.316. The molecule has 0 heterocycles. The number of fused-ring (bicyclic) bond motifs is 1. The van der Waals surface area contributed by atoms with Crippen molar-refractivity contribution in [3.63, 3.8) is 0 Å². The Morgan fingerprint density at radius 3 is 2.70 bits per heavy atom. The van der Waals surface area contributed by atoms with Gasteiger partial charge in [0, 0.05) is 11.8 Å². The average Bonchev–Trinajstić information content (AvgIpc) is 2.60. The van der Waals surface area contributed by atoms with Crippen LogP contribution in [0.5, 0.6) is 11.5 Å². The molecule has 2 aromatic carbocycles. The number of ether oxygens (including phenoxy) is 2. The largest absolute Gasteiger partial charge is 0.497 e. The number of aryl methyl sites for hydroxylation is 2. The van der Waals surface area contributed by atoms with Gasteiger partial charge in [0.2, 0.25) is 0 Å². The molecule has 1 aliphatic rings. The molecule has 0 atom stereocenters. The molecule has 0 fully saturated rings. The fourth-order valence-electron chi connectivity index (χ4n) is 2.85. The summed E-state index contributed by atoms with van der Waals surface area (Å²) in [5.41, 5.74) is 3.45. The summed E-state index contributed by atoms with van der Waals surface area (Å²) in [4.78, 5) is 12.0. The molecule has 0 aliphatic heterocycles. The third kappa shape index (κ3) is 4.03. The summed E-state index contributed by atoms with van der Waals surface area (Å²) in [5, 5.41) is 2.81. The van der Waals surface area contributed by atoms with Gasteiger partial charge in [-0.25, -0.2) is 0 Å². The molecule has 23 heavy (non-hydrogen) atoms. The first-order valence-corrected chi connectivity index (χ1v) is 7.93. The first-order chi connectivity index (χ1) is 11.2. The maximum Gasteiger partial charge on any atom is 0.262 e. The average molecular weight is 311 g/mol. The van der Waals surface area contributed by atoms with Gasteiger partial charge >= 0.3 is 0 Å². The monoisotopic (exact) mass is 311 g/mol. The Balaban J connectivity index is 1.56. The number of nitrogens with one attached hydrogen (secondary N) is 1. The van der Waals surface area contributed by atoms with Crippen molar-refractivity contribution in [1.29, 1.82) is 0 Å². The predicted octanol–water partition coefficient (Wildman–Crippen LogP) is 3.59. The third-order valence-corrected chi connectivity index (χ3v) is 4.04. The van der Waals surface area contributed by atoms with Crippen LogP contribution in [-0.2, 0) is 17.6 Å². The Labute approximate surface area is 136 Å².